The molecule has 6 heteroatoms. The fraction of sp³-hybridized carbons (Fsp3) is 0.100. The van der Waals surface area contributed by atoms with Gasteiger partial charge < -0.3 is 9.30 Å². The maximum atomic E-state index is 12.1. The molecule has 0 aliphatic heterocycles. The van der Waals surface area contributed by atoms with Crippen LogP contribution in [0.4, 0.5) is 0 Å². The number of nitrogens with zero attached hydrogens (tertiary/aromatic N) is 2. The van der Waals surface area contributed by atoms with Gasteiger partial charge in [0, 0.05) is 39.3 Å². The van der Waals surface area contributed by atoms with Crippen molar-refractivity contribution in [3.05, 3.63) is 81.7 Å². The molecule has 0 unspecified atom stereocenters. The van der Waals surface area contributed by atoms with Crippen LogP contribution in [0.2, 0.25) is 5.02 Å². The van der Waals surface area contributed by atoms with Crippen molar-refractivity contribution in [2.75, 3.05) is 6.61 Å². The average molecular weight is 383 g/mol. The number of benzene rings is 1. The molecular weight excluding hydrogens is 368 g/mol. The number of hydrogen-bond donors (Lipinski definition) is 0. The highest BCUT2D eigenvalue weighted by Crippen LogP contribution is 2.26. The molecule has 4 rings (SSSR count). The minimum absolute atomic E-state index is 0.0414. The van der Waals surface area contributed by atoms with Gasteiger partial charge >= 0.3 is 0 Å². The summed E-state index contributed by atoms with van der Waals surface area (Å²) < 4.78 is 7.58. The standard InChI is InChI=1S/C20H15ClN2O2S/c21-15-4-5-16-17(12-15)22-8-7-18(16)25-10-9-23-13-14(3-6-20(23)24)19-2-1-11-26-19/h1-8,11-13H,9-10H2. The lowest BCUT2D eigenvalue weighted by Gasteiger charge is -2.11. The van der Waals surface area contributed by atoms with Gasteiger partial charge in [-0.05, 0) is 41.8 Å². The summed E-state index contributed by atoms with van der Waals surface area (Å²) in [5.41, 5.74) is 1.77. The molecule has 3 aromatic heterocycles. The van der Waals surface area contributed by atoms with Crippen LogP contribution in [0, 0.1) is 0 Å². The number of aromatic nitrogens is 2. The van der Waals surface area contributed by atoms with Crippen molar-refractivity contribution in [1.82, 2.24) is 9.55 Å². The van der Waals surface area contributed by atoms with E-state index in [1.807, 2.05) is 48.0 Å². The van der Waals surface area contributed by atoms with Crippen LogP contribution in [0.5, 0.6) is 5.75 Å². The fourth-order valence-electron chi connectivity index (χ4n) is 2.77. The second-order valence-electron chi connectivity index (χ2n) is 5.75. The summed E-state index contributed by atoms with van der Waals surface area (Å²) in [6.45, 7) is 0.852. The Kier molecular flexibility index (Phi) is 4.73. The second kappa shape index (κ2) is 7.32. The molecular formula is C20H15ClN2O2S. The van der Waals surface area contributed by atoms with Crippen molar-refractivity contribution in [2.24, 2.45) is 0 Å². The first-order chi connectivity index (χ1) is 12.7. The van der Waals surface area contributed by atoms with Gasteiger partial charge in [-0.2, -0.15) is 0 Å². The Bertz CT molecular complexity index is 1110. The molecule has 0 aliphatic carbocycles. The lowest BCUT2D eigenvalue weighted by atomic mass is 10.2. The first-order valence-corrected chi connectivity index (χ1v) is 9.38. The van der Waals surface area contributed by atoms with Crippen LogP contribution < -0.4 is 10.3 Å². The van der Waals surface area contributed by atoms with E-state index in [0.29, 0.717) is 18.2 Å². The Morgan fingerprint density at radius 2 is 2.08 bits per heavy atom. The van der Waals surface area contributed by atoms with Gasteiger partial charge in [-0.1, -0.05) is 17.7 Å². The number of halogens is 1. The molecule has 4 nitrogen and oxygen atoms in total. The topological polar surface area (TPSA) is 44.1 Å². The highest BCUT2D eigenvalue weighted by atomic mass is 35.5. The van der Waals surface area contributed by atoms with Gasteiger partial charge in [0.15, 0.2) is 0 Å². The third-order valence-electron chi connectivity index (χ3n) is 4.04. The van der Waals surface area contributed by atoms with Crippen LogP contribution in [0.3, 0.4) is 0 Å². The molecule has 0 atom stereocenters. The van der Waals surface area contributed by atoms with E-state index in [1.54, 1.807) is 34.2 Å². The Hall–Kier alpha value is -2.63. The maximum absolute atomic E-state index is 12.1. The highest BCUT2D eigenvalue weighted by Gasteiger charge is 2.06. The van der Waals surface area contributed by atoms with E-state index in [0.717, 1.165) is 27.1 Å². The van der Waals surface area contributed by atoms with E-state index in [1.165, 1.54) is 0 Å². The largest absolute Gasteiger partial charge is 0.491 e. The molecule has 3 heterocycles. The van der Waals surface area contributed by atoms with Crippen LogP contribution in [-0.2, 0) is 6.54 Å². The third kappa shape index (κ3) is 3.49. The molecule has 0 aliphatic rings. The first-order valence-electron chi connectivity index (χ1n) is 8.12. The SMILES string of the molecule is O=c1ccc(-c2cccs2)cn1CCOc1ccnc2cc(Cl)ccc12. The molecule has 0 saturated heterocycles. The van der Waals surface area contributed by atoms with E-state index in [9.17, 15) is 4.79 Å². The molecule has 0 saturated carbocycles. The molecule has 0 fully saturated rings. The fourth-order valence-corrected chi connectivity index (χ4v) is 3.65. The van der Waals surface area contributed by atoms with Crippen molar-refractivity contribution >= 4 is 33.8 Å². The third-order valence-corrected chi connectivity index (χ3v) is 5.20. The van der Waals surface area contributed by atoms with E-state index >= 15 is 0 Å². The zero-order valence-electron chi connectivity index (χ0n) is 13.8. The quantitative estimate of drug-likeness (QED) is 0.495. The molecule has 0 spiro atoms. The van der Waals surface area contributed by atoms with Crippen molar-refractivity contribution in [2.45, 2.75) is 6.54 Å². The molecule has 0 amide bonds. The van der Waals surface area contributed by atoms with Gasteiger partial charge in [0.1, 0.15) is 12.4 Å². The zero-order valence-corrected chi connectivity index (χ0v) is 15.3. The molecule has 26 heavy (non-hydrogen) atoms. The molecule has 0 radical (unpaired) electrons. The summed E-state index contributed by atoms with van der Waals surface area (Å²) in [4.78, 5) is 17.6. The normalized spacial score (nSPS) is 11.0. The van der Waals surface area contributed by atoms with Gasteiger partial charge in [-0.3, -0.25) is 9.78 Å². The Labute approximate surface area is 159 Å². The molecule has 1 aromatic carbocycles. The Morgan fingerprint density at radius 3 is 2.92 bits per heavy atom. The number of thiophene rings is 1. The summed E-state index contributed by atoms with van der Waals surface area (Å²) in [7, 11) is 0. The highest BCUT2D eigenvalue weighted by molar-refractivity contribution is 7.13. The molecule has 0 N–H and O–H groups in total. The second-order valence-corrected chi connectivity index (χ2v) is 7.13. The summed E-state index contributed by atoms with van der Waals surface area (Å²) in [5, 5.41) is 3.56. The monoisotopic (exact) mass is 382 g/mol. The van der Waals surface area contributed by atoms with Gasteiger partial charge in [0.05, 0.1) is 12.1 Å². The Balaban J connectivity index is 1.52. The van der Waals surface area contributed by atoms with Gasteiger partial charge in [0.2, 0.25) is 0 Å². The van der Waals surface area contributed by atoms with Crippen LogP contribution in [0.25, 0.3) is 21.3 Å². The minimum atomic E-state index is -0.0414. The van der Waals surface area contributed by atoms with Crippen LogP contribution in [-0.4, -0.2) is 16.2 Å². The number of pyridine rings is 2. The molecule has 130 valence electrons. The van der Waals surface area contributed by atoms with Crippen molar-refractivity contribution < 1.29 is 4.74 Å². The molecule has 4 aromatic rings. The van der Waals surface area contributed by atoms with E-state index in [-0.39, 0.29) is 5.56 Å². The summed E-state index contributed by atoms with van der Waals surface area (Å²) in [5.74, 6) is 0.731. The van der Waals surface area contributed by atoms with Crippen molar-refractivity contribution in [1.29, 1.82) is 0 Å². The smallest absolute Gasteiger partial charge is 0.250 e. The predicted octanol–water partition coefficient (Wildman–Crippen LogP) is 4.86. The van der Waals surface area contributed by atoms with Gasteiger partial charge in [0.25, 0.3) is 5.56 Å². The summed E-state index contributed by atoms with van der Waals surface area (Å²) in [6, 6.07) is 14.8. The summed E-state index contributed by atoms with van der Waals surface area (Å²) >= 11 is 7.66. The van der Waals surface area contributed by atoms with Crippen molar-refractivity contribution in [3.8, 4) is 16.2 Å². The number of hydrogen-bond acceptors (Lipinski definition) is 4. The average Bonchev–Trinajstić information content (AvgIpc) is 3.18. The predicted molar refractivity (Wildman–Crippen MR) is 106 cm³/mol. The minimum Gasteiger partial charge on any atom is -0.491 e. The van der Waals surface area contributed by atoms with E-state index in [2.05, 4.69) is 4.98 Å². The lowest BCUT2D eigenvalue weighted by molar-refractivity contribution is 0.299. The van der Waals surface area contributed by atoms with Crippen molar-refractivity contribution in [3.63, 3.8) is 0 Å². The number of fused-ring (bicyclic) bond motifs is 1. The van der Waals surface area contributed by atoms with Crippen LogP contribution in [0.15, 0.2) is 71.1 Å². The maximum Gasteiger partial charge on any atom is 0.250 e. The van der Waals surface area contributed by atoms with Gasteiger partial charge in [-0.15, -0.1) is 11.3 Å². The summed E-state index contributed by atoms with van der Waals surface area (Å²) in [6.07, 6.45) is 3.57. The zero-order chi connectivity index (χ0) is 17.9. The van der Waals surface area contributed by atoms with Gasteiger partial charge in [-0.25, -0.2) is 0 Å². The van der Waals surface area contributed by atoms with E-state index < -0.39 is 0 Å². The number of ether oxygens (including phenoxy) is 1. The van der Waals surface area contributed by atoms with Crippen LogP contribution >= 0.6 is 22.9 Å². The number of rotatable bonds is 5. The van der Waals surface area contributed by atoms with Crippen LogP contribution in [0.1, 0.15) is 0 Å². The first kappa shape index (κ1) is 16.8. The molecule has 0 bridgehead atoms. The Morgan fingerprint density at radius 1 is 1.15 bits per heavy atom. The van der Waals surface area contributed by atoms with E-state index in [4.69, 9.17) is 16.3 Å². The lowest BCUT2D eigenvalue weighted by Crippen LogP contribution is -2.21.